The highest BCUT2D eigenvalue weighted by atomic mass is 35.5. The molecule has 1 fully saturated rings. The van der Waals surface area contributed by atoms with Gasteiger partial charge >= 0.3 is 0 Å². The number of pyridine rings is 1. The second-order valence-corrected chi connectivity index (χ2v) is 9.11. The number of benzene rings is 1. The number of amides is 1. The molecule has 2 aromatic heterocycles. The van der Waals surface area contributed by atoms with E-state index in [0.717, 1.165) is 4.88 Å². The average molecular weight is 462 g/mol. The molecule has 1 saturated heterocycles. The molecule has 10 heteroatoms. The number of hydrogen-bond acceptors (Lipinski definition) is 6. The zero-order valence-corrected chi connectivity index (χ0v) is 17.9. The predicted molar refractivity (Wildman–Crippen MR) is 113 cm³/mol. The Kier molecular flexibility index (Phi) is 4.84. The molecule has 3 aromatic rings. The van der Waals surface area contributed by atoms with Crippen molar-refractivity contribution in [2.45, 2.75) is 32.2 Å². The minimum atomic E-state index is -0.666. The molecule has 5 rings (SSSR count). The number of aromatic hydroxyl groups is 1. The van der Waals surface area contributed by atoms with Crippen LogP contribution < -0.4 is 5.43 Å². The van der Waals surface area contributed by atoms with E-state index in [1.165, 1.54) is 23.6 Å². The fraction of sp³-hybridized carbons (Fsp3) is 0.286. The molecule has 1 unspecified atom stereocenters. The van der Waals surface area contributed by atoms with Gasteiger partial charge in [-0.3, -0.25) is 9.59 Å². The van der Waals surface area contributed by atoms with Gasteiger partial charge in [0.1, 0.15) is 10.8 Å². The van der Waals surface area contributed by atoms with E-state index in [-0.39, 0.29) is 28.7 Å². The van der Waals surface area contributed by atoms with Crippen molar-refractivity contribution in [1.29, 1.82) is 0 Å². The number of carbonyl (C=O) groups excluding carboxylic acids is 1. The van der Waals surface area contributed by atoms with Crippen LogP contribution in [0.25, 0.3) is 10.6 Å². The minimum absolute atomic E-state index is 0.0415. The molecule has 0 spiro atoms. The summed E-state index contributed by atoms with van der Waals surface area (Å²) >= 11 is 7.06. The van der Waals surface area contributed by atoms with Crippen LogP contribution in [0.2, 0.25) is 5.02 Å². The van der Waals surface area contributed by atoms with Crippen molar-refractivity contribution in [3.8, 4) is 16.3 Å². The van der Waals surface area contributed by atoms with Gasteiger partial charge in [0.05, 0.1) is 29.8 Å². The fourth-order valence-corrected chi connectivity index (χ4v) is 5.15. The lowest BCUT2D eigenvalue weighted by Crippen LogP contribution is -2.48. The highest BCUT2D eigenvalue weighted by Crippen LogP contribution is 2.33. The molecule has 7 nitrogen and oxygen atoms in total. The first kappa shape index (κ1) is 20.2. The molecular weight excluding hydrogens is 445 g/mol. The molecule has 160 valence electrons. The minimum Gasteiger partial charge on any atom is -0.503 e. The van der Waals surface area contributed by atoms with Crippen LogP contribution in [0.4, 0.5) is 4.39 Å². The Morgan fingerprint density at radius 1 is 1.39 bits per heavy atom. The topological polar surface area (TPSA) is 84.7 Å². The summed E-state index contributed by atoms with van der Waals surface area (Å²) in [6, 6.07) is 4.66. The number of ether oxygens (including phenoxy) is 1. The molecule has 2 aliphatic rings. The third-order valence-electron chi connectivity index (χ3n) is 5.54. The van der Waals surface area contributed by atoms with E-state index >= 15 is 0 Å². The second-order valence-electron chi connectivity index (χ2n) is 7.59. The lowest BCUT2D eigenvalue weighted by Gasteiger charge is -2.33. The second kappa shape index (κ2) is 7.44. The third-order valence-corrected chi connectivity index (χ3v) is 6.86. The molecule has 0 aliphatic carbocycles. The van der Waals surface area contributed by atoms with E-state index in [0.29, 0.717) is 23.7 Å². The van der Waals surface area contributed by atoms with Gasteiger partial charge in [0.15, 0.2) is 17.7 Å². The molecule has 1 N–H and O–H groups in total. The highest BCUT2D eigenvalue weighted by Gasteiger charge is 2.42. The van der Waals surface area contributed by atoms with Crippen molar-refractivity contribution in [2.24, 2.45) is 0 Å². The average Bonchev–Trinajstić information content (AvgIpc) is 3.35. The number of aromatic nitrogens is 2. The van der Waals surface area contributed by atoms with Gasteiger partial charge in [-0.25, -0.2) is 9.37 Å². The fourth-order valence-electron chi connectivity index (χ4n) is 4.01. The van der Waals surface area contributed by atoms with Crippen molar-refractivity contribution >= 4 is 28.8 Å². The van der Waals surface area contributed by atoms with Gasteiger partial charge in [-0.15, -0.1) is 11.3 Å². The normalized spacial score (nSPS) is 20.1. The van der Waals surface area contributed by atoms with Crippen molar-refractivity contribution in [2.75, 3.05) is 6.61 Å². The van der Waals surface area contributed by atoms with Crippen molar-refractivity contribution < 1.29 is 19.0 Å². The van der Waals surface area contributed by atoms with E-state index in [1.807, 2.05) is 6.92 Å². The van der Waals surface area contributed by atoms with Crippen LogP contribution in [0.15, 0.2) is 35.4 Å². The monoisotopic (exact) mass is 461 g/mol. The summed E-state index contributed by atoms with van der Waals surface area (Å²) in [5.74, 6) is -1.52. The summed E-state index contributed by atoms with van der Waals surface area (Å²) in [5.41, 5.74) is -0.108. The largest absolute Gasteiger partial charge is 0.503 e. The summed E-state index contributed by atoms with van der Waals surface area (Å²) in [6.45, 7) is 2.56. The number of thiazole rings is 1. The third kappa shape index (κ3) is 3.24. The van der Waals surface area contributed by atoms with Gasteiger partial charge in [-0.2, -0.15) is 0 Å². The van der Waals surface area contributed by atoms with E-state index in [4.69, 9.17) is 16.3 Å². The van der Waals surface area contributed by atoms with E-state index in [1.54, 1.807) is 27.8 Å². The summed E-state index contributed by atoms with van der Waals surface area (Å²) in [7, 11) is 0. The number of rotatable bonds is 3. The quantitative estimate of drug-likeness (QED) is 0.647. The van der Waals surface area contributed by atoms with Gasteiger partial charge in [0, 0.05) is 23.7 Å². The number of halogens is 2. The van der Waals surface area contributed by atoms with Crippen LogP contribution >= 0.6 is 22.9 Å². The Morgan fingerprint density at radius 3 is 3.00 bits per heavy atom. The Balaban J connectivity index is 1.51. The molecular formula is C21H17ClFN3O4S. The summed E-state index contributed by atoms with van der Waals surface area (Å²) in [6.07, 6.45) is 2.92. The van der Waals surface area contributed by atoms with Crippen LogP contribution in [0, 0.1) is 5.82 Å². The zero-order valence-electron chi connectivity index (χ0n) is 16.3. The Labute approximate surface area is 185 Å². The summed E-state index contributed by atoms with van der Waals surface area (Å²) in [5, 5.41) is 11.0. The van der Waals surface area contributed by atoms with Crippen molar-refractivity contribution in [3.63, 3.8) is 0 Å². The summed E-state index contributed by atoms with van der Waals surface area (Å²) < 4.78 is 21.4. The predicted octanol–water partition coefficient (Wildman–Crippen LogP) is 3.26. The lowest BCUT2D eigenvalue weighted by molar-refractivity contribution is 0.00638. The zero-order chi connectivity index (χ0) is 21.9. The van der Waals surface area contributed by atoms with Gasteiger partial charge < -0.3 is 19.3 Å². The number of nitrogens with zero attached hydrogens (tertiary/aromatic N) is 3. The number of fused-ring (bicyclic) bond motifs is 2. The maximum absolute atomic E-state index is 14.2. The maximum Gasteiger partial charge on any atom is 0.276 e. The smallest absolute Gasteiger partial charge is 0.276 e. The Morgan fingerprint density at radius 2 is 2.19 bits per heavy atom. The van der Waals surface area contributed by atoms with Crippen LogP contribution in [-0.4, -0.2) is 44.3 Å². The first-order valence-corrected chi connectivity index (χ1v) is 10.8. The van der Waals surface area contributed by atoms with Crippen LogP contribution in [0.3, 0.4) is 0 Å². The molecule has 2 aliphatic heterocycles. The van der Waals surface area contributed by atoms with Crippen molar-refractivity contribution in [1.82, 2.24) is 14.5 Å². The number of carbonyl (C=O) groups is 1. The molecule has 0 saturated carbocycles. The molecule has 2 atom stereocenters. The maximum atomic E-state index is 14.2. The molecule has 0 radical (unpaired) electrons. The molecule has 4 heterocycles. The molecule has 31 heavy (non-hydrogen) atoms. The van der Waals surface area contributed by atoms with E-state index < -0.39 is 29.1 Å². The van der Waals surface area contributed by atoms with Gasteiger partial charge in [0.25, 0.3) is 5.91 Å². The van der Waals surface area contributed by atoms with Gasteiger partial charge in [-0.05, 0) is 18.6 Å². The summed E-state index contributed by atoms with van der Waals surface area (Å²) in [4.78, 5) is 32.3. The number of hydrogen-bond donors (Lipinski definition) is 1. The van der Waals surface area contributed by atoms with Gasteiger partial charge in [-0.1, -0.05) is 23.7 Å². The van der Waals surface area contributed by atoms with Crippen LogP contribution in [0.5, 0.6) is 5.75 Å². The lowest BCUT2D eigenvalue weighted by atomic mass is 10.1. The standard InChI is InChI=1S/C21H17ClFN3O4S/c1-10-9-30-15-8-25-7-13(18(27)19(28)17(25)21(29)26(10)15)20-24-6-12(31-20)5-11-3-2-4-14(22)16(11)23/h2-4,6-7,10,15,28H,5,8-9H2,1H3/t10-,15?/m1/s1. The van der Waals surface area contributed by atoms with Crippen molar-refractivity contribution in [3.05, 3.63) is 67.8 Å². The first-order chi connectivity index (χ1) is 14.8. The SMILES string of the molecule is C[C@@H]1COC2Cn3cc(-c4ncc(Cc5cccc(Cl)c5F)s4)c(=O)c(O)c3C(=O)N21. The van der Waals surface area contributed by atoms with Gasteiger partial charge in [0.2, 0.25) is 5.43 Å². The first-order valence-electron chi connectivity index (χ1n) is 9.63. The Bertz CT molecular complexity index is 1270. The van der Waals surface area contributed by atoms with E-state index in [9.17, 15) is 19.1 Å². The van der Waals surface area contributed by atoms with E-state index in [2.05, 4.69) is 4.98 Å². The highest BCUT2D eigenvalue weighted by molar-refractivity contribution is 7.15. The molecule has 1 amide bonds. The Hall–Kier alpha value is -2.75. The molecule has 0 bridgehead atoms. The van der Waals surface area contributed by atoms with Crippen LogP contribution in [-0.2, 0) is 17.7 Å². The van der Waals surface area contributed by atoms with Crippen LogP contribution in [0.1, 0.15) is 27.9 Å². The molecule has 1 aromatic carbocycles.